The van der Waals surface area contributed by atoms with Crippen molar-refractivity contribution < 1.29 is 18.0 Å². The number of carbonyl (C=O) groups is 2. The van der Waals surface area contributed by atoms with Crippen LogP contribution in [0.25, 0.3) is 0 Å². The van der Waals surface area contributed by atoms with Crippen LogP contribution >= 0.6 is 0 Å². The number of hydrogen-bond acceptors (Lipinski definition) is 4. The third kappa shape index (κ3) is 7.07. The third-order valence-electron chi connectivity index (χ3n) is 2.50. The lowest BCUT2D eigenvalue weighted by Crippen LogP contribution is -2.32. The van der Waals surface area contributed by atoms with Gasteiger partial charge in [0.25, 0.3) is 0 Å². The first-order valence-corrected chi connectivity index (χ1v) is 8.50. The Balaban J connectivity index is 2.64. The first kappa shape index (κ1) is 18.0. The molecule has 0 aromatic heterocycles. The Morgan fingerprint density at radius 2 is 1.82 bits per heavy atom. The van der Waals surface area contributed by atoms with Crippen molar-refractivity contribution in [3.05, 3.63) is 24.3 Å². The van der Waals surface area contributed by atoms with Gasteiger partial charge in [-0.3, -0.25) is 14.3 Å². The lowest BCUT2D eigenvalue weighted by atomic mass is 10.3. The van der Waals surface area contributed by atoms with Crippen molar-refractivity contribution in [2.24, 2.45) is 0 Å². The predicted molar refractivity (Wildman–Crippen MR) is 86.1 cm³/mol. The largest absolute Gasteiger partial charge is 0.354 e. The maximum absolute atomic E-state index is 11.9. The molecule has 0 saturated heterocycles. The third-order valence-corrected chi connectivity index (χ3v) is 3.79. The summed E-state index contributed by atoms with van der Waals surface area (Å²) in [6.45, 7) is 4.97. The molecule has 1 aromatic carbocycles. The van der Waals surface area contributed by atoms with Gasteiger partial charge in [0.05, 0.1) is 11.4 Å². The van der Waals surface area contributed by atoms with Crippen LogP contribution < -0.4 is 15.4 Å². The molecule has 0 bridgehead atoms. The SMILES string of the molecule is CC(=O)Nc1cccc(NS(=O)(=O)CCC(=O)NC(C)C)c1. The van der Waals surface area contributed by atoms with Gasteiger partial charge < -0.3 is 10.6 Å². The summed E-state index contributed by atoms with van der Waals surface area (Å²) in [5.74, 6) is -0.867. The number of hydrogen-bond donors (Lipinski definition) is 3. The fourth-order valence-electron chi connectivity index (χ4n) is 1.72. The van der Waals surface area contributed by atoms with Gasteiger partial charge in [-0.1, -0.05) is 6.07 Å². The summed E-state index contributed by atoms with van der Waals surface area (Å²) in [5.41, 5.74) is 0.820. The summed E-state index contributed by atoms with van der Waals surface area (Å²) < 4.78 is 26.3. The molecule has 0 aliphatic heterocycles. The van der Waals surface area contributed by atoms with E-state index in [0.717, 1.165) is 0 Å². The van der Waals surface area contributed by atoms with Crippen molar-refractivity contribution in [2.75, 3.05) is 15.8 Å². The molecule has 1 rings (SSSR count). The van der Waals surface area contributed by atoms with E-state index < -0.39 is 10.0 Å². The molecule has 22 heavy (non-hydrogen) atoms. The Hall–Kier alpha value is -2.09. The number of rotatable bonds is 7. The van der Waals surface area contributed by atoms with E-state index in [1.54, 1.807) is 32.0 Å². The molecule has 0 unspecified atom stereocenters. The van der Waals surface area contributed by atoms with Crippen LogP contribution in [-0.4, -0.2) is 32.0 Å². The second-order valence-electron chi connectivity index (χ2n) is 5.16. The summed E-state index contributed by atoms with van der Waals surface area (Å²) in [7, 11) is -3.63. The lowest BCUT2D eigenvalue weighted by Gasteiger charge is -2.11. The summed E-state index contributed by atoms with van der Waals surface area (Å²) in [4.78, 5) is 22.5. The molecule has 3 N–H and O–H groups in total. The molecule has 8 heteroatoms. The van der Waals surface area contributed by atoms with Gasteiger partial charge in [0.1, 0.15) is 0 Å². The molecule has 122 valence electrons. The molecule has 7 nitrogen and oxygen atoms in total. The van der Waals surface area contributed by atoms with Gasteiger partial charge in [0.15, 0.2) is 0 Å². The second kappa shape index (κ2) is 7.79. The summed E-state index contributed by atoms with van der Waals surface area (Å²) in [6.07, 6.45) is -0.112. The number of nitrogens with one attached hydrogen (secondary N) is 3. The summed E-state index contributed by atoms with van der Waals surface area (Å²) >= 11 is 0. The average Bonchev–Trinajstić information content (AvgIpc) is 2.35. The molecule has 0 radical (unpaired) electrons. The van der Waals surface area contributed by atoms with Crippen LogP contribution in [0.2, 0.25) is 0 Å². The van der Waals surface area contributed by atoms with Gasteiger partial charge >= 0.3 is 0 Å². The van der Waals surface area contributed by atoms with Crippen molar-refractivity contribution >= 4 is 33.2 Å². The van der Waals surface area contributed by atoms with E-state index in [2.05, 4.69) is 15.4 Å². The van der Waals surface area contributed by atoms with Crippen LogP contribution in [0.15, 0.2) is 24.3 Å². The first-order chi connectivity index (χ1) is 10.2. The number of carbonyl (C=O) groups excluding carboxylic acids is 2. The maximum atomic E-state index is 11.9. The second-order valence-corrected chi connectivity index (χ2v) is 7.00. The normalized spacial score (nSPS) is 11.1. The Morgan fingerprint density at radius 3 is 2.41 bits per heavy atom. The molecular formula is C14H21N3O4S. The zero-order valence-corrected chi connectivity index (χ0v) is 13.7. The fourth-order valence-corrected chi connectivity index (χ4v) is 2.76. The van der Waals surface area contributed by atoms with E-state index in [1.807, 2.05) is 0 Å². The van der Waals surface area contributed by atoms with E-state index in [0.29, 0.717) is 11.4 Å². The molecule has 0 fully saturated rings. The highest BCUT2D eigenvalue weighted by Crippen LogP contribution is 2.16. The zero-order valence-electron chi connectivity index (χ0n) is 12.8. The number of amides is 2. The standard InChI is InChI=1S/C14H21N3O4S/c1-10(2)15-14(19)7-8-22(20,21)17-13-6-4-5-12(9-13)16-11(3)18/h4-6,9-10,17H,7-8H2,1-3H3,(H,15,19)(H,16,18). The Kier molecular flexibility index (Phi) is 6.36. The highest BCUT2D eigenvalue weighted by molar-refractivity contribution is 7.92. The van der Waals surface area contributed by atoms with E-state index in [4.69, 9.17) is 0 Å². The van der Waals surface area contributed by atoms with Crippen molar-refractivity contribution in [1.82, 2.24) is 5.32 Å². The van der Waals surface area contributed by atoms with Crippen LogP contribution in [0.1, 0.15) is 27.2 Å². The smallest absolute Gasteiger partial charge is 0.233 e. The number of benzene rings is 1. The van der Waals surface area contributed by atoms with Crippen LogP contribution in [0, 0.1) is 0 Å². The number of sulfonamides is 1. The van der Waals surface area contributed by atoms with Crippen molar-refractivity contribution in [3.8, 4) is 0 Å². The average molecular weight is 327 g/mol. The molecule has 0 spiro atoms. The maximum Gasteiger partial charge on any atom is 0.233 e. The van der Waals surface area contributed by atoms with Crippen molar-refractivity contribution in [3.63, 3.8) is 0 Å². The van der Waals surface area contributed by atoms with Crippen molar-refractivity contribution in [2.45, 2.75) is 33.2 Å². The van der Waals surface area contributed by atoms with Gasteiger partial charge in [-0.2, -0.15) is 0 Å². The quantitative estimate of drug-likeness (QED) is 0.702. The minimum Gasteiger partial charge on any atom is -0.354 e. The topological polar surface area (TPSA) is 104 Å². The molecule has 2 amide bonds. The molecule has 0 heterocycles. The molecule has 1 aromatic rings. The molecule has 0 saturated carbocycles. The lowest BCUT2D eigenvalue weighted by molar-refractivity contribution is -0.121. The molecule has 0 atom stereocenters. The minimum atomic E-state index is -3.63. The fraction of sp³-hybridized carbons (Fsp3) is 0.429. The predicted octanol–water partition coefficient (Wildman–Crippen LogP) is 1.30. The van der Waals surface area contributed by atoms with Gasteiger partial charge in [-0.05, 0) is 32.0 Å². The summed E-state index contributed by atoms with van der Waals surface area (Å²) in [5, 5.41) is 5.20. The Bertz CT molecular complexity index is 641. The van der Waals surface area contributed by atoms with E-state index in [9.17, 15) is 18.0 Å². The Labute approximate surface area is 130 Å². The first-order valence-electron chi connectivity index (χ1n) is 6.85. The zero-order chi connectivity index (χ0) is 16.8. The van der Waals surface area contributed by atoms with Gasteiger partial charge in [0.2, 0.25) is 21.8 Å². The highest BCUT2D eigenvalue weighted by atomic mass is 32.2. The van der Waals surface area contributed by atoms with Crippen LogP contribution in [-0.2, 0) is 19.6 Å². The minimum absolute atomic E-state index is 0.0301. The van der Waals surface area contributed by atoms with Crippen LogP contribution in [0.3, 0.4) is 0 Å². The summed E-state index contributed by atoms with van der Waals surface area (Å²) in [6, 6.07) is 6.31. The van der Waals surface area contributed by atoms with Crippen LogP contribution in [0.4, 0.5) is 11.4 Å². The van der Waals surface area contributed by atoms with E-state index >= 15 is 0 Å². The number of anilines is 2. The van der Waals surface area contributed by atoms with Crippen molar-refractivity contribution in [1.29, 1.82) is 0 Å². The van der Waals surface area contributed by atoms with Crippen LogP contribution in [0.5, 0.6) is 0 Å². The highest BCUT2D eigenvalue weighted by Gasteiger charge is 2.14. The van der Waals surface area contributed by atoms with E-state index in [1.165, 1.54) is 13.0 Å². The van der Waals surface area contributed by atoms with Gasteiger partial charge in [-0.15, -0.1) is 0 Å². The van der Waals surface area contributed by atoms with Gasteiger partial charge in [-0.25, -0.2) is 8.42 Å². The monoisotopic (exact) mass is 327 g/mol. The van der Waals surface area contributed by atoms with E-state index in [-0.39, 0.29) is 30.0 Å². The molecule has 0 aliphatic carbocycles. The molecular weight excluding hydrogens is 306 g/mol. The van der Waals surface area contributed by atoms with Gasteiger partial charge in [0, 0.05) is 25.1 Å². The molecule has 0 aliphatic rings. The Morgan fingerprint density at radius 1 is 1.18 bits per heavy atom.